The Morgan fingerprint density at radius 1 is 1.10 bits per heavy atom. The molecule has 0 fully saturated rings. The summed E-state index contributed by atoms with van der Waals surface area (Å²) in [4.78, 5) is 11.9. The second-order valence-corrected chi connectivity index (χ2v) is 4.10. The minimum absolute atomic E-state index is 0.118. The van der Waals surface area contributed by atoms with Crippen molar-refractivity contribution >= 4 is 5.91 Å². The molecule has 1 atom stereocenters. The molecule has 1 N–H and O–H groups in total. The molecule has 3 nitrogen and oxygen atoms in total. The summed E-state index contributed by atoms with van der Waals surface area (Å²) in [7, 11) is 0. The Morgan fingerprint density at radius 2 is 1.80 bits per heavy atom. The van der Waals surface area contributed by atoms with E-state index in [1.165, 1.54) is 42.5 Å². The van der Waals surface area contributed by atoms with E-state index < -0.39 is 23.6 Å². The fraction of sp³-hybridized carbons (Fsp3) is 0.0667. The molecule has 0 aliphatic rings. The highest BCUT2D eigenvalue weighted by atomic mass is 19.1. The molecule has 0 unspecified atom stereocenters. The summed E-state index contributed by atoms with van der Waals surface area (Å²) < 4.78 is 25.8. The SMILES string of the molecule is N#C[C@@H](NC(=O)c1cccc(F)c1)c1ccc(F)cc1. The molecule has 0 saturated heterocycles. The van der Waals surface area contributed by atoms with Crippen LogP contribution in [-0.4, -0.2) is 5.91 Å². The first-order valence-electron chi connectivity index (χ1n) is 5.81. The third-order valence-corrected chi connectivity index (χ3v) is 2.69. The summed E-state index contributed by atoms with van der Waals surface area (Å²) in [5, 5.41) is 11.5. The minimum atomic E-state index is -0.925. The zero-order valence-corrected chi connectivity index (χ0v) is 10.3. The van der Waals surface area contributed by atoms with Crippen molar-refractivity contribution < 1.29 is 13.6 Å². The van der Waals surface area contributed by atoms with Crippen molar-refractivity contribution in [2.45, 2.75) is 6.04 Å². The van der Waals surface area contributed by atoms with Crippen LogP contribution in [0.15, 0.2) is 48.5 Å². The molecule has 1 amide bonds. The molecular formula is C15H10F2N2O. The van der Waals surface area contributed by atoms with E-state index >= 15 is 0 Å². The van der Waals surface area contributed by atoms with E-state index in [1.54, 1.807) is 0 Å². The summed E-state index contributed by atoms with van der Waals surface area (Å²) in [6.45, 7) is 0. The molecule has 0 aliphatic heterocycles. The van der Waals surface area contributed by atoms with Gasteiger partial charge in [-0.15, -0.1) is 0 Å². The Hall–Kier alpha value is -2.74. The Labute approximate surface area is 114 Å². The molecule has 0 aromatic heterocycles. The lowest BCUT2D eigenvalue weighted by Crippen LogP contribution is -2.27. The first kappa shape index (κ1) is 13.7. The van der Waals surface area contributed by atoms with Gasteiger partial charge in [0.2, 0.25) is 0 Å². The van der Waals surface area contributed by atoms with Gasteiger partial charge in [-0.2, -0.15) is 5.26 Å². The average molecular weight is 272 g/mol. The number of benzene rings is 2. The molecule has 0 saturated carbocycles. The molecule has 20 heavy (non-hydrogen) atoms. The molecule has 0 heterocycles. The smallest absolute Gasteiger partial charge is 0.252 e. The van der Waals surface area contributed by atoms with Gasteiger partial charge >= 0.3 is 0 Å². The van der Waals surface area contributed by atoms with Gasteiger partial charge in [0, 0.05) is 5.56 Å². The molecule has 0 spiro atoms. The van der Waals surface area contributed by atoms with Crippen LogP contribution in [0, 0.1) is 23.0 Å². The average Bonchev–Trinajstić information content (AvgIpc) is 2.45. The maximum absolute atomic E-state index is 13.0. The van der Waals surface area contributed by atoms with Crippen molar-refractivity contribution in [2.75, 3.05) is 0 Å². The number of hydrogen-bond acceptors (Lipinski definition) is 2. The fourth-order valence-electron chi connectivity index (χ4n) is 1.69. The van der Waals surface area contributed by atoms with Crippen LogP contribution in [0.5, 0.6) is 0 Å². The summed E-state index contributed by atoms with van der Waals surface area (Å²) in [6, 6.07) is 11.4. The minimum Gasteiger partial charge on any atom is -0.332 e. The van der Waals surface area contributed by atoms with Crippen molar-refractivity contribution in [2.24, 2.45) is 0 Å². The number of halogens is 2. The quantitative estimate of drug-likeness (QED) is 0.933. The summed E-state index contributed by atoms with van der Waals surface area (Å²) in [6.07, 6.45) is 0. The summed E-state index contributed by atoms with van der Waals surface area (Å²) in [5.41, 5.74) is 0.575. The van der Waals surface area contributed by atoms with Crippen LogP contribution in [0.3, 0.4) is 0 Å². The molecule has 100 valence electrons. The van der Waals surface area contributed by atoms with E-state index in [-0.39, 0.29) is 5.56 Å². The molecule has 0 bridgehead atoms. The molecular weight excluding hydrogens is 262 g/mol. The monoisotopic (exact) mass is 272 g/mol. The predicted octanol–water partition coefficient (Wildman–Crippen LogP) is 2.96. The maximum Gasteiger partial charge on any atom is 0.252 e. The first-order chi connectivity index (χ1) is 9.60. The second kappa shape index (κ2) is 5.93. The Balaban J connectivity index is 2.17. The zero-order valence-electron chi connectivity index (χ0n) is 10.3. The third-order valence-electron chi connectivity index (χ3n) is 2.69. The summed E-state index contributed by atoms with van der Waals surface area (Å²) in [5.74, 6) is -1.53. The van der Waals surface area contributed by atoms with Gasteiger partial charge in [-0.05, 0) is 35.9 Å². The molecule has 5 heteroatoms. The maximum atomic E-state index is 13.0. The van der Waals surface area contributed by atoms with E-state index in [0.717, 1.165) is 6.07 Å². The van der Waals surface area contributed by atoms with Gasteiger partial charge < -0.3 is 5.32 Å². The van der Waals surface area contributed by atoms with Gasteiger partial charge in [-0.25, -0.2) is 8.78 Å². The highest BCUT2D eigenvalue weighted by Crippen LogP contribution is 2.14. The van der Waals surface area contributed by atoms with Crippen LogP contribution in [0.2, 0.25) is 0 Å². The highest BCUT2D eigenvalue weighted by Gasteiger charge is 2.15. The van der Waals surface area contributed by atoms with Crippen LogP contribution in [0.4, 0.5) is 8.78 Å². The Morgan fingerprint density at radius 3 is 2.40 bits per heavy atom. The van der Waals surface area contributed by atoms with Gasteiger partial charge in [0.05, 0.1) is 6.07 Å². The normalized spacial score (nSPS) is 11.4. The van der Waals surface area contributed by atoms with Crippen LogP contribution < -0.4 is 5.32 Å². The first-order valence-corrected chi connectivity index (χ1v) is 5.81. The fourth-order valence-corrected chi connectivity index (χ4v) is 1.69. The van der Waals surface area contributed by atoms with E-state index in [9.17, 15) is 13.6 Å². The van der Waals surface area contributed by atoms with Gasteiger partial charge in [0.15, 0.2) is 0 Å². The number of carbonyl (C=O) groups excluding carboxylic acids is 1. The molecule has 2 aromatic carbocycles. The van der Waals surface area contributed by atoms with E-state index in [0.29, 0.717) is 5.56 Å². The predicted molar refractivity (Wildman–Crippen MR) is 68.6 cm³/mol. The highest BCUT2D eigenvalue weighted by molar-refractivity contribution is 5.94. The number of hydrogen-bond donors (Lipinski definition) is 1. The lowest BCUT2D eigenvalue weighted by Gasteiger charge is -2.12. The summed E-state index contributed by atoms with van der Waals surface area (Å²) >= 11 is 0. The van der Waals surface area contributed by atoms with Crippen molar-refractivity contribution in [3.8, 4) is 6.07 Å². The lowest BCUT2D eigenvalue weighted by molar-refractivity contribution is 0.0944. The van der Waals surface area contributed by atoms with Gasteiger partial charge in [0.25, 0.3) is 5.91 Å². The van der Waals surface area contributed by atoms with Gasteiger partial charge in [0.1, 0.15) is 17.7 Å². The molecule has 0 aliphatic carbocycles. The van der Waals surface area contributed by atoms with Crippen molar-refractivity contribution in [3.05, 3.63) is 71.3 Å². The Bertz CT molecular complexity index is 662. The number of rotatable bonds is 3. The number of nitrogens with zero attached hydrogens (tertiary/aromatic N) is 1. The van der Waals surface area contributed by atoms with Crippen molar-refractivity contribution in [1.82, 2.24) is 5.32 Å². The van der Waals surface area contributed by atoms with Crippen molar-refractivity contribution in [1.29, 1.82) is 5.26 Å². The number of nitrogens with one attached hydrogen (secondary N) is 1. The second-order valence-electron chi connectivity index (χ2n) is 4.10. The van der Waals surface area contributed by atoms with Crippen LogP contribution in [0.25, 0.3) is 0 Å². The lowest BCUT2D eigenvalue weighted by atomic mass is 10.1. The van der Waals surface area contributed by atoms with E-state index in [1.807, 2.05) is 6.07 Å². The largest absolute Gasteiger partial charge is 0.332 e. The number of amides is 1. The van der Waals surface area contributed by atoms with Crippen LogP contribution in [-0.2, 0) is 0 Å². The topological polar surface area (TPSA) is 52.9 Å². The molecule has 2 rings (SSSR count). The number of nitriles is 1. The number of carbonyl (C=O) groups is 1. The Kier molecular flexibility index (Phi) is 4.06. The van der Waals surface area contributed by atoms with E-state index in [4.69, 9.17) is 5.26 Å². The third kappa shape index (κ3) is 3.18. The molecule has 2 aromatic rings. The van der Waals surface area contributed by atoms with E-state index in [2.05, 4.69) is 5.32 Å². The van der Waals surface area contributed by atoms with Crippen LogP contribution >= 0.6 is 0 Å². The standard InChI is InChI=1S/C15H10F2N2O/c16-12-6-4-10(5-7-12)14(9-18)19-15(20)11-2-1-3-13(17)8-11/h1-8,14H,(H,19,20)/t14-/m1/s1. The van der Waals surface area contributed by atoms with Gasteiger partial charge in [-0.1, -0.05) is 18.2 Å². The van der Waals surface area contributed by atoms with Gasteiger partial charge in [-0.3, -0.25) is 4.79 Å². The van der Waals surface area contributed by atoms with Crippen molar-refractivity contribution in [3.63, 3.8) is 0 Å². The zero-order chi connectivity index (χ0) is 14.5. The van der Waals surface area contributed by atoms with Crippen LogP contribution in [0.1, 0.15) is 22.0 Å². The molecule has 0 radical (unpaired) electrons.